The molecule has 0 spiro atoms. The number of allylic oxidation sites excluding steroid dienone is 2. The lowest BCUT2D eigenvalue weighted by Crippen LogP contribution is -2.52. The Kier molecular flexibility index (Phi) is 5.57. The topological polar surface area (TPSA) is 116 Å². The van der Waals surface area contributed by atoms with Crippen LogP contribution in [0.5, 0.6) is 0 Å². The third-order valence-corrected chi connectivity index (χ3v) is 6.61. The van der Waals surface area contributed by atoms with Crippen LogP contribution in [0.25, 0.3) is 0 Å². The quantitative estimate of drug-likeness (QED) is 0.541. The number of imide groups is 1. The number of hydrogen-bond donors (Lipinski definition) is 2. The van der Waals surface area contributed by atoms with E-state index < -0.39 is 11.9 Å². The Bertz CT molecular complexity index is 1260. The van der Waals surface area contributed by atoms with Gasteiger partial charge < -0.3 is 10.0 Å². The molecule has 1 fully saturated rings. The van der Waals surface area contributed by atoms with Crippen LogP contribution in [-0.2, 0) is 20.9 Å². The van der Waals surface area contributed by atoms with Gasteiger partial charge >= 0.3 is 0 Å². The highest BCUT2D eigenvalue weighted by Gasteiger charge is 2.39. The second-order valence-electron chi connectivity index (χ2n) is 8.80. The number of piperidine rings is 1. The highest BCUT2D eigenvalue weighted by molar-refractivity contribution is 6.15. The number of Topliss-reactive ketones (excluding diaryl/α,β-unsaturated/α-hetero) is 1. The van der Waals surface area contributed by atoms with E-state index in [1.54, 1.807) is 18.2 Å². The fourth-order valence-corrected chi connectivity index (χ4v) is 4.78. The van der Waals surface area contributed by atoms with Crippen LogP contribution in [0.1, 0.15) is 53.1 Å². The average molecular weight is 457 g/mol. The smallest absolute Gasteiger partial charge is 0.255 e. The molecule has 2 aromatic carbocycles. The Morgan fingerprint density at radius 1 is 1.03 bits per heavy atom. The van der Waals surface area contributed by atoms with E-state index in [1.165, 1.54) is 11.1 Å². The molecular formula is C26H23N3O5. The third-order valence-electron chi connectivity index (χ3n) is 6.61. The summed E-state index contributed by atoms with van der Waals surface area (Å²) in [7, 11) is 0. The molecule has 8 heteroatoms. The number of benzene rings is 2. The number of amides is 3. The fourth-order valence-electron chi connectivity index (χ4n) is 4.78. The first kappa shape index (κ1) is 21.8. The van der Waals surface area contributed by atoms with Gasteiger partial charge in [-0.3, -0.25) is 29.5 Å². The van der Waals surface area contributed by atoms with E-state index in [9.17, 15) is 24.3 Å². The van der Waals surface area contributed by atoms with Crippen molar-refractivity contribution < 1.29 is 24.3 Å². The van der Waals surface area contributed by atoms with Crippen LogP contribution < -0.4 is 5.32 Å². The molecule has 3 amide bonds. The molecule has 0 bridgehead atoms. The van der Waals surface area contributed by atoms with Crippen LogP contribution in [0, 0.1) is 0 Å². The summed E-state index contributed by atoms with van der Waals surface area (Å²) < 4.78 is 0. The Morgan fingerprint density at radius 2 is 1.82 bits per heavy atom. The maximum Gasteiger partial charge on any atom is 0.255 e. The number of nitrogens with one attached hydrogen (secondary N) is 1. The van der Waals surface area contributed by atoms with Gasteiger partial charge in [0.1, 0.15) is 11.8 Å². The summed E-state index contributed by atoms with van der Waals surface area (Å²) in [5.41, 5.74) is 2.88. The summed E-state index contributed by atoms with van der Waals surface area (Å²) in [6.07, 6.45) is 2.51. The number of rotatable bonds is 4. The predicted octanol–water partition coefficient (Wildman–Crippen LogP) is 3.11. The highest BCUT2D eigenvalue weighted by atomic mass is 16.3. The van der Waals surface area contributed by atoms with Gasteiger partial charge in [0.2, 0.25) is 11.8 Å². The van der Waals surface area contributed by atoms with Gasteiger partial charge in [-0.1, -0.05) is 36.4 Å². The number of aliphatic hydroxyl groups excluding tert-OH is 1. The van der Waals surface area contributed by atoms with Crippen molar-refractivity contribution in [3.8, 4) is 0 Å². The highest BCUT2D eigenvalue weighted by Crippen LogP contribution is 2.34. The molecule has 3 aliphatic rings. The van der Waals surface area contributed by atoms with Crippen molar-refractivity contribution in [2.75, 3.05) is 0 Å². The van der Waals surface area contributed by atoms with E-state index in [1.807, 2.05) is 30.3 Å². The molecule has 2 unspecified atom stereocenters. The molecule has 2 aromatic rings. The Balaban J connectivity index is 1.32. The normalized spacial score (nSPS) is 23.0. The van der Waals surface area contributed by atoms with E-state index in [0.29, 0.717) is 30.5 Å². The fraction of sp³-hybridized carbons (Fsp3) is 0.269. The molecular weight excluding hydrogens is 434 g/mol. The van der Waals surface area contributed by atoms with E-state index in [-0.39, 0.29) is 47.8 Å². The molecule has 1 aliphatic carbocycles. The lowest BCUT2D eigenvalue weighted by molar-refractivity contribution is -0.137. The minimum absolute atomic E-state index is 0.00937. The van der Waals surface area contributed by atoms with Crippen LogP contribution in [0.3, 0.4) is 0 Å². The van der Waals surface area contributed by atoms with Crippen molar-refractivity contribution in [2.45, 2.75) is 44.2 Å². The summed E-state index contributed by atoms with van der Waals surface area (Å²) in [5.74, 6) is -1.31. The van der Waals surface area contributed by atoms with Crippen molar-refractivity contribution in [1.29, 1.82) is 0 Å². The Labute approximate surface area is 196 Å². The largest absolute Gasteiger partial charge is 0.511 e. The minimum atomic E-state index is -0.677. The van der Waals surface area contributed by atoms with E-state index in [4.69, 9.17) is 0 Å². The van der Waals surface area contributed by atoms with Crippen molar-refractivity contribution in [2.24, 2.45) is 4.99 Å². The van der Waals surface area contributed by atoms with Gasteiger partial charge in [0.15, 0.2) is 5.78 Å². The number of aliphatic imine (C=N–C) groups is 1. The summed E-state index contributed by atoms with van der Waals surface area (Å²) >= 11 is 0. The second kappa shape index (κ2) is 8.70. The molecule has 0 saturated carbocycles. The zero-order valence-electron chi connectivity index (χ0n) is 18.4. The van der Waals surface area contributed by atoms with Crippen LogP contribution in [0.15, 0.2) is 64.9 Å². The predicted molar refractivity (Wildman–Crippen MR) is 124 cm³/mol. The van der Waals surface area contributed by atoms with Gasteiger partial charge in [-0.2, -0.15) is 0 Å². The number of carbonyl (C=O) groups excluding carboxylic acids is 4. The third kappa shape index (κ3) is 4.03. The Hall–Kier alpha value is -4.07. The van der Waals surface area contributed by atoms with Crippen LogP contribution in [-0.4, -0.2) is 45.8 Å². The lowest BCUT2D eigenvalue weighted by Gasteiger charge is -2.29. The molecule has 2 N–H and O–H groups in total. The maximum atomic E-state index is 13.0. The van der Waals surface area contributed by atoms with Gasteiger partial charge in [-0.25, -0.2) is 0 Å². The van der Waals surface area contributed by atoms with Crippen LogP contribution in [0.4, 0.5) is 5.69 Å². The second-order valence-corrected chi connectivity index (χ2v) is 8.80. The van der Waals surface area contributed by atoms with Gasteiger partial charge in [0.25, 0.3) is 5.91 Å². The molecule has 8 nitrogen and oxygen atoms in total. The number of aliphatic hydroxyl groups is 1. The molecule has 2 aliphatic heterocycles. The average Bonchev–Trinajstić information content (AvgIpc) is 3.14. The first-order valence-electron chi connectivity index (χ1n) is 11.2. The van der Waals surface area contributed by atoms with Gasteiger partial charge in [-0.15, -0.1) is 0 Å². The van der Waals surface area contributed by atoms with Crippen molar-refractivity contribution in [1.82, 2.24) is 10.2 Å². The maximum absolute atomic E-state index is 13.0. The van der Waals surface area contributed by atoms with E-state index in [0.717, 1.165) is 11.1 Å². The number of ketones is 1. The zero-order chi connectivity index (χ0) is 23.8. The summed E-state index contributed by atoms with van der Waals surface area (Å²) in [6, 6.07) is 14.1. The molecule has 34 heavy (non-hydrogen) atoms. The number of hydrogen-bond acceptors (Lipinski definition) is 6. The van der Waals surface area contributed by atoms with Crippen LogP contribution in [0.2, 0.25) is 0 Å². The number of fused-ring (bicyclic) bond motifs is 1. The SMILES string of the molecule is O=C1CCC(N2Cc3ccc(N=CC4=C(O)CC(c5ccccc5)CC4=O)cc3C2=O)C(=O)N1. The first-order chi connectivity index (χ1) is 16.4. The van der Waals surface area contributed by atoms with Gasteiger partial charge in [0, 0.05) is 37.6 Å². The van der Waals surface area contributed by atoms with Crippen molar-refractivity contribution >= 4 is 35.4 Å². The first-order valence-corrected chi connectivity index (χ1v) is 11.2. The van der Waals surface area contributed by atoms with Gasteiger partial charge in [0.05, 0.1) is 11.3 Å². The summed E-state index contributed by atoms with van der Waals surface area (Å²) in [4.78, 5) is 55.1. The monoisotopic (exact) mass is 457 g/mol. The van der Waals surface area contributed by atoms with Crippen LogP contribution >= 0.6 is 0 Å². The molecule has 2 atom stereocenters. The molecule has 5 rings (SSSR count). The number of nitrogens with zero attached hydrogens (tertiary/aromatic N) is 2. The van der Waals surface area contributed by atoms with Crippen molar-refractivity contribution in [3.05, 3.63) is 76.6 Å². The minimum Gasteiger partial charge on any atom is -0.511 e. The molecule has 0 radical (unpaired) electrons. The zero-order valence-corrected chi connectivity index (χ0v) is 18.4. The number of carbonyl (C=O) groups is 4. The Morgan fingerprint density at radius 3 is 2.56 bits per heavy atom. The van der Waals surface area contributed by atoms with Gasteiger partial charge in [-0.05, 0) is 35.6 Å². The summed E-state index contributed by atoms with van der Waals surface area (Å²) in [6.45, 7) is 0.287. The molecule has 2 heterocycles. The molecule has 1 saturated heterocycles. The lowest BCUT2D eigenvalue weighted by atomic mass is 9.83. The van der Waals surface area contributed by atoms with E-state index >= 15 is 0 Å². The van der Waals surface area contributed by atoms with E-state index in [2.05, 4.69) is 10.3 Å². The summed E-state index contributed by atoms with van der Waals surface area (Å²) in [5, 5.41) is 12.8. The standard InChI is InChI=1S/C26H23N3O5/c30-22-10-17(15-4-2-1-3-5-15)11-23(31)20(22)13-27-18-7-6-16-14-29(26(34)19(16)12-18)21-8-9-24(32)28-25(21)33/h1-7,12-13,17,21,30H,8-11,14H2,(H,28,32,33). The molecule has 172 valence electrons. The molecule has 0 aromatic heterocycles. The van der Waals surface area contributed by atoms with Crippen molar-refractivity contribution in [3.63, 3.8) is 0 Å².